The fraction of sp³-hybridized carbons (Fsp3) is 0.133. The predicted octanol–water partition coefficient (Wildman–Crippen LogP) is 5.13. The van der Waals surface area contributed by atoms with E-state index in [0.717, 1.165) is 11.0 Å². The van der Waals surface area contributed by atoms with Crippen molar-refractivity contribution < 1.29 is 27.9 Å². The Hall–Kier alpha value is -5.52. The van der Waals surface area contributed by atoms with Crippen molar-refractivity contribution in [2.75, 3.05) is 10.6 Å². The summed E-state index contributed by atoms with van der Waals surface area (Å²) >= 11 is 0. The van der Waals surface area contributed by atoms with E-state index < -0.39 is 34.9 Å². The molecule has 4 N–H and O–H groups in total. The number of nitrogen functional groups attached to an aromatic ring is 1. The number of aromatic amines is 1. The van der Waals surface area contributed by atoms with E-state index in [4.69, 9.17) is 10.5 Å². The van der Waals surface area contributed by atoms with Gasteiger partial charge in [-0.1, -0.05) is 12.1 Å². The number of hydrogen-bond donors (Lipinski definition) is 3. The lowest BCUT2D eigenvalue weighted by molar-refractivity contribution is -0.119. The number of hydrogen-bond acceptors (Lipinski definition) is 6. The Morgan fingerprint density at radius 1 is 1.02 bits per heavy atom. The smallest absolute Gasteiger partial charge is 0.329 e. The number of para-hydroxylation sites is 1. The molecular formula is C30H22F2N6O4. The number of nitrogens with two attached hydrogens (primary N) is 1. The van der Waals surface area contributed by atoms with Crippen LogP contribution in [-0.4, -0.2) is 38.0 Å². The molecule has 0 atom stereocenters. The topological polar surface area (TPSA) is 135 Å². The molecule has 1 saturated heterocycles. The number of aromatic nitrogens is 3. The van der Waals surface area contributed by atoms with Crippen LogP contribution >= 0.6 is 0 Å². The Balaban J connectivity index is 1.17. The predicted molar refractivity (Wildman–Crippen MR) is 149 cm³/mol. The molecule has 3 heterocycles. The van der Waals surface area contributed by atoms with Crippen molar-refractivity contribution in [2.24, 2.45) is 0 Å². The molecule has 1 aliphatic heterocycles. The van der Waals surface area contributed by atoms with Gasteiger partial charge in [-0.25, -0.2) is 23.2 Å². The summed E-state index contributed by atoms with van der Waals surface area (Å²) in [6, 6.07) is 14.4. The summed E-state index contributed by atoms with van der Waals surface area (Å²) in [6.45, 7) is 1.80. The van der Waals surface area contributed by atoms with E-state index in [9.17, 15) is 18.8 Å². The number of ether oxygens (including phenoxy) is 1. The van der Waals surface area contributed by atoms with Gasteiger partial charge < -0.3 is 20.8 Å². The van der Waals surface area contributed by atoms with Gasteiger partial charge in [-0.15, -0.1) is 0 Å². The first-order valence-corrected chi connectivity index (χ1v) is 13.1. The number of imide groups is 1. The van der Waals surface area contributed by atoms with Crippen molar-refractivity contribution in [2.45, 2.75) is 25.3 Å². The maximum Gasteiger partial charge on any atom is 0.329 e. The summed E-state index contributed by atoms with van der Waals surface area (Å²) in [5, 5.41) is 7.30. The van der Waals surface area contributed by atoms with E-state index >= 15 is 4.39 Å². The van der Waals surface area contributed by atoms with E-state index in [2.05, 4.69) is 15.4 Å². The normalized spacial score (nSPS) is 15.5. The summed E-state index contributed by atoms with van der Waals surface area (Å²) in [5.41, 5.74) is 7.10. The minimum Gasteiger partial charge on any atom is -0.454 e. The number of benzene rings is 3. The molecule has 0 bridgehead atoms. The molecule has 210 valence electrons. The zero-order valence-electron chi connectivity index (χ0n) is 22.1. The lowest BCUT2D eigenvalue weighted by atomic mass is 10.1. The van der Waals surface area contributed by atoms with Crippen molar-refractivity contribution in [3.05, 3.63) is 95.3 Å². The molecule has 1 aliphatic carbocycles. The first-order valence-electron chi connectivity index (χ1n) is 13.1. The lowest BCUT2D eigenvalue weighted by Gasteiger charge is -2.14. The molecule has 2 aliphatic rings. The van der Waals surface area contributed by atoms with Gasteiger partial charge in [0.25, 0.3) is 5.91 Å². The van der Waals surface area contributed by atoms with Gasteiger partial charge in [0.05, 0.1) is 28.8 Å². The number of carbonyl (C=O) groups is 3. The maximum absolute atomic E-state index is 15.1. The van der Waals surface area contributed by atoms with Crippen molar-refractivity contribution >= 4 is 40.1 Å². The Morgan fingerprint density at radius 3 is 2.52 bits per heavy atom. The number of halogens is 2. The minimum absolute atomic E-state index is 0.0745. The lowest BCUT2D eigenvalue weighted by Crippen LogP contribution is -2.32. The molecule has 0 radical (unpaired) electrons. The van der Waals surface area contributed by atoms with Crippen LogP contribution in [-0.2, 0) is 4.79 Å². The molecule has 3 amide bonds. The fourth-order valence-corrected chi connectivity index (χ4v) is 5.19. The highest BCUT2D eigenvalue weighted by atomic mass is 19.1. The Kier molecular flexibility index (Phi) is 5.45. The summed E-state index contributed by atoms with van der Waals surface area (Å²) in [5.74, 6) is -1.66. The number of urea groups is 1. The number of carbonyl (C=O) groups excluding carboxylic acids is 3. The third-order valence-electron chi connectivity index (χ3n) is 7.60. The molecule has 12 heteroatoms. The van der Waals surface area contributed by atoms with Crippen LogP contribution in [0.2, 0.25) is 0 Å². The Bertz CT molecular complexity index is 1980. The molecular weight excluding hydrogens is 546 g/mol. The van der Waals surface area contributed by atoms with E-state index in [1.807, 2.05) is 0 Å². The molecule has 2 fully saturated rings. The highest BCUT2D eigenvalue weighted by molar-refractivity contribution is 6.25. The number of amides is 3. The molecule has 10 nitrogen and oxygen atoms in total. The summed E-state index contributed by atoms with van der Waals surface area (Å²) in [7, 11) is 0. The number of rotatable bonds is 6. The van der Waals surface area contributed by atoms with Crippen molar-refractivity contribution in [1.29, 1.82) is 0 Å². The van der Waals surface area contributed by atoms with E-state index in [0.29, 0.717) is 40.7 Å². The summed E-state index contributed by atoms with van der Waals surface area (Å²) < 4.78 is 36.1. The first kappa shape index (κ1) is 25.4. The van der Waals surface area contributed by atoms with Gasteiger partial charge >= 0.3 is 6.03 Å². The second-order valence-electron chi connectivity index (χ2n) is 10.4. The fourth-order valence-electron chi connectivity index (χ4n) is 5.19. The van der Waals surface area contributed by atoms with Crippen molar-refractivity contribution in [3.8, 4) is 17.2 Å². The molecule has 7 rings (SSSR count). The van der Waals surface area contributed by atoms with E-state index in [1.54, 1.807) is 37.3 Å². The number of nitrogens with one attached hydrogen (secondary N) is 2. The largest absolute Gasteiger partial charge is 0.454 e. The van der Waals surface area contributed by atoms with Gasteiger partial charge in [-0.2, -0.15) is 5.10 Å². The van der Waals surface area contributed by atoms with Gasteiger partial charge in [0.2, 0.25) is 5.78 Å². The average Bonchev–Trinajstić information content (AvgIpc) is 3.35. The van der Waals surface area contributed by atoms with Gasteiger partial charge in [0, 0.05) is 10.9 Å². The van der Waals surface area contributed by atoms with Crippen molar-refractivity contribution in [3.63, 3.8) is 0 Å². The average molecular weight is 569 g/mol. The Morgan fingerprint density at radius 2 is 1.81 bits per heavy atom. The van der Waals surface area contributed by atoms with Crippen LogP contribution in [0.15, 0.2) is 66.9 Å². The van der Waals surface area contributed by atoms with Crippen LogP contribution in [0.5, 0.6) is 11.5 Å². The number of ketones is 1. The summed E-state index contributed by atoms with van der Waals surface area (Å²) in [6.07, 6.45) is 2.36. The van der Waals surface area contributed by atoms with Gasteiger partial charge in [0.1, 0.15) is 22.9 Å². The Labute approximate surface area is 236 Å². The monoisotopic (exact) mass is 568 g/mol. The van der Waals surface area contributed by atoms with Crippen molar-refractivity contribution in [1.82, 2.24) is 20.1 Å². The molecule has 0 unspecified atom stereocenters. The molecule has 1 spiro atoms. The second-order valence-corrected chi connectivity index (χ2v) is 10.4. The molecule has 1 saturated carbocycles. The van der Waals surface area contributed by atoms with Crippen LogP contribution in [0.4, 0.5) is 25.1 Å². The molecule has 3 aromatic carbocycles. The highest BCUT2D eigenvalue weighted by Gasteiger charge is 2.60. The van der Waals surface area contributed by atoms with Crippen LogP contribution in [0, 0.1) is 18.6 Å². The van der Waals surface area contributed by atoms with Crippen LogP contribution < -0.4 is 20.7 Å². The third-order valence-corrected chi connectivity index (χ3v) is 7.60. The first-order chi connectivity index (χ1) is 20.1. The van der Waals surface area contributed by atoms with Crippen LogP contribution in [0.3, 0.4) is 0 Å². The van der Waals surface area contributed by atoms with Gasteiger partial charge in [0.15, 0.2) is 11.6 Å². The van der Waals surface area contributed by atoms with Gasteiger partial charge in [-0.05, 0) is 73.9 Å². The zero-order chi connectivity index (χ0) is 29.3. The van der Waals surface area contributed by atoms with E-state index in [1.165, 1.54) is 35.1 Å². The van der Waals surface area contributed by atoms with Gasteiger partial charge in [-0.3, -0.25) is 9.59 Å². The maximum atomic E-state index is 15.1. The SMILES string of the molecule is Cc1cc(Oc2ccccc2F)ccc1-n1ncc(C(=O)c2cc3cc(F)c(N4C(=O)NC5(CC5)C4=O)cc3[nH]2)c1N. The van der Waals surface area contributed by atoms with Crippen LogP contribution in [0.1, 0.15) is 34.5 Å². The van der Waals surface area contributed by atoms with E-state index in [-0.39, 0.29) is 28.5 Å². The third kappa shape index (κ3) is 3.91. The van der Waals surface area contributed by atoms with Crippen LogP contribution in [0.25, 0.3) is 16.6 Å². The standard InChI is InChI=1S/C30H22F2N6O4/c1-15-10-17(42-25-5-3-2-4-19(25)31)6-7-23(15)38-27(33)18(14-34-38)26(39)22-12-16-11-20(32)24(13-21(16)35-22)37-28(40)30(8-9-30)36-29(37)41/h2-7,10-14,35H,8-9,33H2,1H3,(H,36,41). The molecule has 5 aromatic rings. The number of fused-ring (bicyclic) bond motifs is 1. The number of anilines is 2. The number of nitrogens with zero attached hydrogens (tertiary/aromatic N) is 3. The number of aryl methyl sites for hydroxylation is 1. The highest BCUT2D eigenvalue weighted by Crippen LogP contribution is 2.43. The minimum atomic E-state index is -0.932. The molecule has 2 aromatic heterocycles. The quantitative estimate of drug-likeness (QED) is 0.192. The molecule has 42 heavy (non-hydrogen) atoms. The number of H-pyrrole nitrogens is 1. The summed E-state index contributed by atoms with van der Waals surface area (Å²) in [4.78, 5) is 42.4. The second kappa shape index (κ2) is 8.99. The zero-order valence-corrected chi connectivity index (χ0v) is 22.1.